The minimum Gasteiger partial charge on any atom is -0.384 e. The van der Waals surface area contributed by atoms with Crippen molar-refractivity contribution in [3.8, 4) is 0 Å². The fraction of sp³-hybridized carbons (Fsp3) is 0.625. The lowest BCUT2D eigenvalue weighted by Crippen LogP contribution is -2.36. The lowest BCUT2D eigenvalue weighted by atomic mass is 10.5. The van der Waals surface area contributed by atoms with Gasteiger partial charge in [-0.25, -0.2) is 10.0 Å². The molecule has 0 aliphatic carbocycles. The van der Waals surface area contributed by atoms with Crippen molar-refractivity contribution < 1.29 is 0 Å². The number of hydrazine groups is 1. The monoisotopic (exact) mass is 170 g/mol. The molecule has 2 N–H and O–H groups in total. The molecule has 0 aliphatic rings. The first-order chi connectivity index (χ1) is 5.57. The standard InChI is InChI=1S/C8H18N4/c1-5-6-11(3)12(4)7-10-8(2)9/h7H,2,5-6,9H2,1,3-4H3. The summed E-state index contributed by atoms with van der Waals surface area (Å²) in [5, 5.41) is 3.92. The van der Waals surface area contributed by atoms with Gasteiger partial charge in [0.25, 0.3) is 0 Å². The van der Waals surface area contributed by atoms with Gasteiger partial charge in [-0.05, 0) is 6.42 Å². The Hall–Kier alpha value is -1.03. The molecule has 0 aromatic rings. The molecule has 0 aromatic carbocycles. The fourth-order valence-corrected chi connectivity index (χ4v) is 0.727. The molecule has 12 heavy (non-hydrogen) atoms. The average molecular weight is 170 g/mol. The average Bonchev–Trinajstić information content (AvgIpc) is 2.00. The summed E-state index contributed by atoms with van der Waals surface area (Å²) in [6.45, 7) is 6.59. The molecule has 0 bridgehead atoms. The Bertz CT molecular complexity index is 164. The van der Waals surface area contributed by atoms with Crippen molar-refractivity contribution in [2.75, 3.05) is 20.6 Å². The van der Waals surface area contributed by atoms with Crippen molar-refractivity contribution in [3.05, 3.63) is 12.4 Å². The molecular weight excluding hydrogens is 152 g/mol. The van der Waals surface area contributed by atoms with Crippen LogP contribution in [0.1, 0.15) is 13.3 Å². The lowest BCUT2D eigenvalue weighted by Gasteiger charge is -2.25. The summed E-state index contributed by atoms with van der Waals surface area (Å²) in [6, 6.07) is 0. The van der Waals surface area contributed by atoms with Crippen LogP contribution in [0.3, 0.4) is 0 Å². The molecule has 0 radical (unpaired) electrons. The van der Waals surface area contributed by atoms with Crippen molar-refractivity contribution in [3.63, 3.8) is 0 Å². The number of nitrogens with two attached hydrogens (primary N) is 1. The van der Waals surface area contributed by atoms with E-state index < -0.39 is 0 Å². The van der Waals surface area contributed by atoms with E-state index in [4.69, 9.17) is 5.73 Å². The minimum atomic E-state index is 0.326. The highest BCUT2D eigenvalue weighted by Crippen LogP contribution is 1.90. The van der Waals surface area contributed by atoms with Gasteiger partial charge in [0.15, 0.2) is 0 Å². The first-order valence-corrected chi connectivity index (χ1v) is 4.00. The van der Waals surface area contributed by atoms with Gasteiger partial charge in [-0.3, -0.25) is 5.01 Å². The summed E-state index contributed by atoms with van der Waals surface area (Å²) in [4.78, 5) is 3.87. The molecule has 4 nitrogen and oxygen atoms in total. The highest BCUT2D eigenvalue weighted by molar-refractivity contribution is 5.55. The third kappa shape index (κ3) is 4.73. The second-order valence-electron chi connectivity index (χ2n) is 2.69. The van der Waals surface area contributed by atoms with E-state index in [1.54, 1.807) is 6.34 Å². The zero-order valence-electron chi connectivity index (χ0n) is 8.12. The number of rotatable bonds is 5. The highest BCUT2D eigenvalue weighted by Gasteiger charge is 1.98. The summed E-state index contributed by atoms with van der Waals surface area (Å²) in [7, 11) is 3.91. The zero-order valence-corrected chi connectivity index (χ0v) is 8.12. The van der Waals surface area contributed by atoms with E-state index in [2.05, 4.69) is 18.5 Å². The van der Waals surface area contributed by atoms with Crippen LogP contribution >= 0.6 is 0 Å². The second-order valence-corrected chi connectivity index (χ2v) is 2.69. The van der Waals surface area contributed by atoms with Gasteiger partial charge in [0.2, 0.25) is 0 Å². The third-order valence-corrected chi connectivity index (χ3v) is 1.48. The Balaban J connectivity index is 3.85. The van der Waals surface area contributed by atoms with Crippen molar-refractivity contribution in [2.45, 2.75) is 13.3 Å². The van der Waals surface area contributed by atoms with Crippen LogP contribution in [0, 0.1) is 0 Å². The van der Waals surface area contributed by atoms with Gasteiger partial charge in [0.1, 0.15) is 12.2 Å². The maximum Gasteiger partial charge on any atom is 0.117 e. The highest BCUT2D eigenvalue weighted by atomic mass is 15.6. The van der Waals surface area contributed by atoms with E-state index in [-0.39, 0.29) is 0 Å². The van der Waals surface area contributed by atoms with Crippen LogP contribution in [-0.4, -0.2) is 37.0 Å². The van der Waals surface area contributed by atoms with Gasteiger partial charge >= 0.3 is 0 Å². The molecule has 4 heteroatoms. The van der Waals surface area contributed by atoms with Crippen LogP contribution in [0.5, 0.6) is 0 Å². The van der Waals surface area contributed by atoms with Gasteiger partial charge < -0.3 is 5.73 Å². The molecule has 70 valence electrons. The third-order valence-electron chi connectivity index (χ3n) is 1.48. The Kier molecular flexibility index (Phi) is 5.12. The summed E-state index contributed by atoms with van der Waals surface area (Å²) in [6.07, 6.45) is 2.76. The fourth-order valence-electron chi connectivity index (χ4n) is 0.727. The normalized spacial score (nSPS) is 11.0. The largest absolute Gasteiger partial charge is 0.384 e. The predicted molar refractivity (Wildman–Crippen MR) is 52.5 cm³/mol. The minimum absolute atomic E-state index is 0.326. The SMILES string of the molecule is C=C(N)N=CN(C)N(C)CCC. The van der Waals surface area contributed by atoms with E-state index in [9.17, 15) is 0 Å². The van der Waals surface area contributed by atoms with Crippen LogP contribution in [-0.2, 0) is 0 Å². The van der Waals surface area contributed by atoms with Crippen molar-refractivity contribution in [1.29, 1.82) is 0 Å². The first-order valence-electron chi connectivity index (χ1n) is 4.00. The Labute approximate surface area is 74.3 Å². The molecule has 0 saturated carbocycles. The van der Waals surface area contributed by atoms with Crippen LogP contribution in [0.4, 0.5) is 0 Å². The maximum absolute atomic E-state index is 5.28. The quantitative estimate of drug-likeness (QED) is 0.374. The molecule has 0 atom stereocenters. The number of aliphatic imine (C=N–C) groups is 1. The Morgan fingerprint density at radius 2 is 2.17 bits per heavy atom. The topological polar surface area (TPSA) is 44.9 Å². The smallest absolute Gasteiger partial charge is 0.117 e. The van der Waals surface area contributed by atoms with E-state index in [0.717, 1.165) is 13.0 Å². The van der Waals surface area contributed by atoms with Crippen LogP contribution < -0.4 is 5.73 Å². The van der Waals surface area contributed by atoms with Crippen LogP contribution in [0.2, 0.25) is 0 Å². The molecule has 0 amide bonds. The molecule has 0 heterocycles. The number of hydrogen-bond acceptors (Lipinski definition) is 3. The van der Waals surface area contributed by atoms with E-state index in [1.165, 1.54) is 0 Å². The summed E-state index contributed by atoms with van der Waals surface area (Å²) in [5.74, 6) is 0.326. The van der Waals surface area contributed by atoms with E-state index in [0.29, 0.717) is 5.82 Å². The Morgan fingerprint density at radius 1 is 1.58 bits per heavy atom. The van der Waals surface area contributed by atoms with Gasteiger partial charge in [-0.15, -0.1) is 0 Å². The Morgan fingerprint density at radius 3 is 2.58 bits per heavy atom. The predicted octanol–water partition coefficient (Wildman–Crippen LogP) is 0.633. The second kappa shape index (κ2) is 5.60. The van der Waals surface area contributed by atoms with Gasteiger partial charge in [-0.1, -0.05) is 13.5 Å². The first kappa shape index (κ1) is 11.0. The van der Waals surface area contributed by atoms with E-state index >= 15 is 0 Å². The maximum atomic E-state index is 5.28. The van der Waals surface area contributed by atoms with Crippen LogP contribution in [0.25, 0.3) is 0 Å². The summed E-state index contributed by atoms with van der Waals surface area (Å²) >= 11 is 0. The molecule has 0 saturated heterocycles. The molecule has 0 aliphatic heterocycles. The number of nitrogens with zero attached hydrogens (tertiary/aromatic N) is 3. The van der Waals surface area contributed by atoms with Crippen LogP contribution in [0.15, 0.2) is 17.4 Å². The van der Waals surface area contributed by atoms with Crippen molar-refractivity contribution >= 4 is 6.34 Å². The summed E-state index contributed by atoms with van der Waals surface area (Å²) < 4.78 is 0. The van der Waals surface area contributed by atoms with Crippen molar-refractivity contribution in [2.24, 2.45) is 10.7 Å². The van der Waals surface area contributed by atoms with Gasteiger partial charge in [0, 0.05) is 20.6 Å². The van der Waals surface area contributed by atoms with Crippen molar-refractivity contribution in [1.82, 2.24) is 10.0 Å². The van der Waals surface area contributed by atoms with Gasteiger partial charge in [-0.2, -0.15) is 0 Å². The molecule has 0 unspecified atom stereocenters. The van der Waals surface area contributed by atoms with E-state index in [1.807, 2.05) is 24.1 Å². The lowest BCUT2D eigenvalue weighted by molar-refractivity contribution is 0.112. The molecule has 0 aromatic heterocycles. The molecular formula is C8H18N4. The number of hydrogen-bond donors (Lipinski definition) is 1. The zero-order chi connectivity index (χ0) is 9.56. The molecule has 0 spiro atoms. The summed E-state index contributed by atoms with van der Waals surface area (Å²) in [5.41, 5.74) is 5.28. The molecule has 0 fully saturated rings. The molecule has 0 rings (SSSR count). The van der Waals surface area contributed by atoms with Gasteiger partial charge in [0.05, 0.1) is 0 Å².